The number of anilines is 3. The normalized spacial score (nSPS) is 15.1. The molecule has 9 nitrogen and oxygen atoms in total. The second kappa shape index (κ2) is 12.2. The summed E-state index contributed by atoms with van der Waals surface area (Å²) in [6.45, 7) is 7.23. The van der Waals surface area contributed by atoms with Crippen LogP contribution in [0, 0.1) is 6.92 Å². The SMILES string of the molecule is Cc1cc(Nc2ncc3ccn(Cc4ccccc4N(C)S(C)(=O)=O)c3n2)ccc1C1CCN(CCN(C)C)CC1. The number of hydrogen-bond acceptors (Lipinski definition) is 7. The Kier molecular flexibility index (Phi) is 8.63. The molecule has 218 valence electrons. The topological polar surface area (TPSA) is 86.6 Å². The maximum absolute atomic E-state index is 12.2. The Morgan fingerprint density at radius 3 is 2.51 bits per heavy atom. The van der Waals surface area contributed by atoms with Crippen LogP contribution in [0.4, 0.5) is 17.3 Å². The van der Waals surface area contributed by atoms with Gasteiger partial charge in [0.15, 0.2) is 0 Å². The molecule has 0 spiro atoms. The van der Waals surface area contributed by atoms with Crippen LogP contribution in [0.25, 0.3) is 11.0 Å². The van der Waals surface area contributed by atoms with Crippen molar-refractivity contribution in [2.24, 2.45) is 0 Å². The lowest BCUT2D eigenvalue weighted by molar-refractivity contribution is 0.193. The zero-order valence-corrected chi connectivity index (χ0v) is 25.5. The number of rotatable bonds is 10. The largest absolute Gasteiger partial charge is 0.328 e. The molecule has 1 fully saturated rings. The molecule has 2 aromatic heterocycles. The third-order valence-electron chi connectivity index (χ3n) is 8.09. The molecular weight excluding hydrogens is 534 g/mol. The molecule has 1 N–H and O–H groups in total. The maximum atomic E-state index is 12.2. The number of para-hydroxylation sites is 1. The van der Waals surface area contributed by atoms with Crippen molar-refractivity contribution < 1.29 is 8.42 Å². The monoisotopic (exact) mass is 575 g/mol. The number of nitrogens with zero attached hydrogens (tertiary/aromatic N) is 6. The number of piperidine rings is 1. The fraction of sp³-hybridized carbons (Fsp3) is 0.419. The number of hydrogen-bond donors (Lipinski definition) is 1. The smallest absolute Gasteiger partial charge is 0.232 e. The van der Waals surface area contributed by atoms with Gasteiger partial charge in [0.05, 0.1) is 18.5 Å². The maximum Gasteiger partial charge on any atom is 0.232 e. The molecule has 3 heterocycles. The van der Waals surface area contributed by atoms with Gasteiger partial charge in [-0.1, -0.05) is 24.3 Å². The van der Waals surface area contributed by atoms with Crippen LogP contribution in [0.2, 0.25) is 0 Å². The zero-order chi connectivity index (χ0) is 29.1. The molecule has 0 atom stereocenters. The molecule has 0 radical (unpaired) electrons. The third kappa shape index (κ3) is 6.89. The van der Waals surface area contributed by atoms with Crippen LogP contribution in [-0.2, 0) is 16.6 Å². The Hall–Kier alpha value is -3.47. The summed E-state index contributed by atoms with van der Waals surface area (Å²) in [6.07, 6.45) is 7.39. The van der Waals surface area contributed by atoms with Gasteiger partial charge in [0.25, 0.3) is 0 Å². The first-order chi connectivity index (χ1) is 19.6. The van der Waals surface area contributed by atoms with Gasteiger partial charge in [0.2, 0.25) is 16.0 Å². The minimum Gasteiger partial charge on any atom is -0.328 e. The highest BCUT2D eigenvalue weighted by Crippen LogP contribution is 2.32. The fourth-order valence-corrected chi connectivity index (χ4v) is 6.16. The van der Waals surface area contributed by atoms with Crippen molar-refractivity contribution >= 4 is 38.4 Å². The molecular formula is C31H41N7O2S. The van der Waals surface area contributed by atoms with Gasteiger partial charge in [-0.05, 0) is 93.8 Å². The summed E-state index contributed by atoms with van der Waals surface area (Å²) in [5.74, 6) is 1.13. The van der Waals surface area contributed by atoms with Crippen LogP contribution in [-0.4, -0.2) is 86.3 Å². The van der Waals surface area contributed by atoms with Crippen LogP contribution in [0.5, 0.6) is 0 Å². The summed E-state index contributed by atoms with van der Waals surface area (Å²) in [5, 5.41) is 4.32. The molecule has 41 heavy (non-hydrogen) atoms. The lowest BCUT2D eigenvalue weighted by Gasteiger charge is -2.33. The van der Waals surface area contributed by atoms with E-state index in [9.17, 15) is 8.42 Å². The Morgan fingerprint density at radius 1 is 1.05 bits per heavy atom. The van der Waals surface area contributed by atoms with Gasteiger partial charge < -0.3 is 19.7 Å². The standard InChI is InChI=1S/C31H41N7O2S/c1-23-20-27(10-11-28(23)24-12-15-37(16-13-24)19-18-35(2)3)33-31-32-21-25-14-17-38(30(25)34-31)22-26-8-6-7-9-29(26)36(4)41(5,39)40/h6-11,14,17,20-21,24H,12-13,15-16,18-19,22H2,1-5H3,(H,32,33,34). The van der Waals surface area contributed by atoms with Gasteiger partial charge in [-0.2, -0.15) is 4.98 Å². The summed E-state index contributed by atoms with van der Waals surface area (Å²) >= 11 is 0. The van der Waals surface area contributed by atoms with Gasteiger partial charge in [-0.3, -0.25) is 4.31 Å². The predicted octanol–water partition coefficient (Wildman–Crippen LogP) is 4.67. The van der Waals surface area contributed by atoms with Crippen molar-refractivity contribution in [3.05, 3.63) is 77.6 Å². The number of nitrogens with one attached hydrogen (secondary N) is 1. The molecule has 10 heteroatoms. The number of fused-ring (bicyclic) bond motifs is 1. The van der Waals surface area contributed by atoms with E-state index < -0.39 is 10.0 Å². The highest BCUT2D eigenvalue weighted by molar-refractivity contribution is 7.92. The van der Waals surface area contributed by atoms with Gasteiger partial charge >= 0.3 is 0 Å². The lowest BCUT2D eigenvalue weighted by Crippen LogP contribution is -2.37. The van der Waals surface area contributed by atoms with E-state index in [1.54, 1.807) is 7.05 Å². The molecule has 0 bridgehead atoms. The Morgan fingerprint density at radius 2 is 1.80 bits per heavy atom. The number of likely N-dealkylation sites (tertiary alicyclic amines) is 1. The van der Waals surface area contributed by atoms with Crippen molar-refractivity contribution in [3.8, 4) is 0 Å². The first kappa shape index (κ1) is 29.0. The minimum absolute atomic E-state index is 0.484. The van der Waals surface area contributed by atoms with E-state index in [1.807, 2.05) is 47.3 Å². The molecule has 1 aliphatic heterocycles. The molecule has 4 aromatic rings. The quantitative estimate of drug-likeness (QED) is 0.294. The summed E-state index contributed by atoms with van der Waals surface area (Å²) in [6, 6.07) is 16.1. The van der Waals surface area contributed by atoms with E-state index in [2.05, 4.69) is 59.3 Å². The highest BCUT2D eigenvalue weighted by atomic mass is 32.2. The number of aromatic nitrogens is 3. The van der Waals surface area contributed by atoms with Crippen LogP contribution in [0.3, 0.4) is 0 Å². The second-order valence-corrected chi connectivity index (χ2v) is 13.4. The predicted molar refractivity (Wildman–Crippen MR) is 168 cm³/mol. The Balaban J connectivity index is 1.30. The molecule has 2 aromatic carbocycles. The van der Waals surface area contributed by atoms with Crippen molar-refractivity contribution in [3.63, 3.8) is 0 Å². The van der Waals surface area contributed by atoms with Gasteiger partial charge in [0.1, 0.15) is 5.65 Å². The first-order valence-corrected chi connectivity index (χ1v) is 16.0. The average Bonchev–Trinajstić information content (AvgIpc) is 3.33. The van der Waals surface area contributed by atoms with E-state index in [0.29, 0.717) is 24.1 Å². The number of benzene rings is 2. The zero-order valence-electron chi connectivity index (χ0n) is 24.7. The van der Waals surface area contributed by atoms with Crippen molar-refractivity contribution in [2.45, 2.75) is 32.2 Å². The molecule has 1 saturated heterocycles. The van der Waals surface area contributed by atoms with Crippen LogP contribution >= 0.6 is 0 Å². The molecule has 0 saturated carbocycles. The van der Waals surface area contributed by atoms with E-state index >= 15 is 0 Å². The molecule has 5 rings (SSSR count). The Bertz CT molecular complexity index is 1610. The number of likely N-dealkylation sites (N-methyl/N-ethyl adjacent to an activating group) is 1. The Labute approximate surface area is 243 Å². The third-order valence-corrected chi connectivity index (χ3v) is 9.28. The van der Waals surface area contributed by atoms with E-state index in [1.165, 1.54) is 34.5 Å². The summed E-state index contributed by atoms with van der Waals surface area (Å²) < 4.78 is 27.7. The molecule has 0 amide bonds. The van der Waals surface area contributed by atoms with Crippen molar-refractivity contribution in [2.75, 3.05) is 63.2 Å². The van der Waals surface area contributed by atoms with Crippen molar-refractivity contribution in [1.29, 1.82) is 0 Å². The fourth-order valence-electron chi connectivity index (χ4n) is 5.62. The lowest BCUT2D eigenvalue weighted by atomic mass is 9.86. The summed E-state index contributed by atoms with van der Waals surface area (Å²) in [4.78, 5) is 14.2. The average molecular weight is 576 g/mol. The second-order valence-electron chi connectivity index (χ2n) is 11.4. The van der Waals surface area contributed by atoms with Crippen LogP contribution < -0.4 is 9.62 Å². The number of aryl methyl sites for hydroxylation is 1. The first-order valence-electron chi connectivity index (χ1n) is 14.2. The van der Waals surface area contributed by atoms with Gasteiger partial charge in [-0.25, -0.2) is 13.4 Å². The van der Waals surface area contributed by atoms with E-state index in [0.717, 1.165) is 48.5 Å². The van der Waals surface area contributed by atoms with Crippen molar-refractivity contribution in [1.82, 2.24) is 24.3 Å². The van der Waals surface area contributed by atoms with Gasteiger partial charge in [0, 0.05) is 43.6 Å². The molecule has 0 aliphatic carbocycles. The molecule has 0 unspecified atom stereocenters. The van der Waals surface area contributed by atoms with Crippen LogP contribution in [0.15, 0.2) is 60.9 Å². The summed E-state index contributed by atoms with van der Waals surface area (Å²) in [5.41, 5.74) is 6.02. The minimum atomic E-state index is -3.38. The van der Waals surface area contributed by atoms with Gasteiger partial charge in [-0.15, -0.1) is 0 Å². The summed E-state index contributed by atoms with van der Waals surface area (Å²) in [7, 11) is 2.47. The van der Waals surface area contributed by atoms with E-state index in [-0.39, 0.29) is 0 Å². The molecule has 1 aliphatic rings. The highest BCUT2D eigenvalue weighted by Gasteiger charge is 2.22. The van der Waals surface area contributed by atoms with E-state index in [4.69, 9.17) is 4.98 Å². The van der Waals surface area contributed by atoms with Crippen LogP contribution in [0.1, 0.15) is 35.4 Å². The number of sulfonamides is 1.